The van der Waals surface area contributed by atoms with E-state index in [9.17, 15) is 23.4 Å². The van der Waals surface area contributed by atoms with Crippen LogP contribution in [0.5, 0.6) is 5.75 Å². The molecule has 1 aliphatic heterocycles. The molecule has 0 saturated heterocycles. The van der Waals surface area contributed by atoms with Crippen LogP contribution in [0.1, 0.15) is 12.0 Å². The van der Waals surface area contributed by atoms with Gasteiger partial charge in [-0.15, -0.1) is 11.3 Å². The fourth-order valence-electron chi connectivity index (χ4n) is 2.81. The molecule has 1 atom stereocenters. The van der Waals surface area contributed by atoms with E-state index >= 15 is 0 Å². The molecule has 0 unspecified atom stereocenters. The number of phenolic OH excluding ortho intramolecular Hbond substituents is 1. The SMILES string of the molecule is Oc1cccc(C2=NN(c3nc(-c4ccccn4)cs3)[C@](O)(C(F)(F)F)C2)c1. The molecule has 0 radical (unpaired) electrons. The molecule has 0 fully saturated rings. The van der Waals surface area contributed by atoms with E-state index in [1.807, 2.05) is 0 Å². The van der Waals surface area contributed by atoms with Gasteiger partial charge in [0.05, 0.1) is 17.8 Å². The van der Waals surface area contributed by atoms with E-state index in [4.69, 9.17) is 0 Å². The van der Waals surface area contributed by atoms with Crippen molar-refractivity contribution >= 4 is 22.2 Å². The van der Waals surface area contributed by atoms with Crippen molar-refractivity contribution in [3.05, 3.63) is 59.6 Å². The highest BCUT2D eigenvalue weighted by molar-refractivity contribution is 7.14. The van der Waals surface area contributed by atoms with Crippen molar-refractivity contribution in [1.29, 1.82) is 0 Å². The smallest absolute Gasteiger partial charge is 0.438 e. The fourth-order valence-corrected chi connectivity index (χ4v) is 3.64. The predicted octanol–water partition coefficient (Wildman–Crippen LogP) is 3.78. The molecule has 0 bridgehead atoms. The number of rotatable bonds is 3. The monoisotopic (exact) mass is 406 g/mol. The van der Waals surface area contributed by atoms with E-state index < -0.39 is 18.3 Å². The molecule has 0 aliphatic carbocycles. The maximum atomic E-state index is 13.7. The second kappa shape index (κ2) is 6.57. The molecule has 6 nitrogen and oxygen atoms in total. The van der Waals surface area contributed by atoms with Crippen LogP contribution in [-0.2, 0) is 0 Å². The molecule has 2 aromatic heterocycles. The minimum Gasteiger partial charge on any atom is -0.508 e. The Morgan fingerprint density at radius 1 is 1.11 bits per heavy atom. The van der Waals surface area contributed by atoms with Crippen molar-refractivity contribution in [3.8, 4) is 17.1 Å². The van der Waals surface area contributed by atoms with Crippen molar-refractivity contribution < 1.29 is 23.4 Å². The molecule has 10 heteroatoms. The highest BCUT2D eigenvalue weighted by Gasteiger charge is 2.62. The molecular formula is C18H13F3N4O2S. The molecule has 0 spiro atoms. The Balaban J connectivity index is 1.77. The van der Waals surface area contributed by atoms with Crippen LogP contribution >= 0.6 is 11.3 Å². The summed E-state index contributed by atoms with van der Waals surface area (Å²) in [5.74, 6) is -0.110. The van der Waals surface area contributed by atoms with Crippen LogP contribution < -0.4 is 5.01 Å². The van der Waals surface area contributed by atoms with Crippen LogP contribution in [-0.4, -0.2) is 37.8 Å². The standard InChI is InChI=1S/C18H13F3N4O2S/c19-18(20,21)17(27)9-14(11-4-3-5-12(26)8-11)24-25(17)16-23-15(10-28-16)13-6-1-2-7-22-13/h1-8,10,26-27H,9H2/t17-/m1/s1. The van der Waals surface area contributed by atoms with Crippen molar-refractivity contribution in [2.45, 2.75) is 18.3 Å². The second-order valence-corrected chi connectivity index (χ2v) is 6.97. The molecule has 3 aromatic rings. The van der Waals surface area contributed by atoms with E-state index in [1.165, 1.54) is 24.3 Å². The van der Waals surface area contributed by atoms with Crippen molar-refractivity contribution in [2.24, 2.45) is 5.10 Å². The van der Waals surface area contributed by atoms with E-state index in [1.54, 1.807) is 29.8 Å². The summed E-state index contributed by atoms with van der Waals surface area (Å²) in [5.41, 5.74) is -2.09. The fraction of sp³-hybridized carbons (Fsp3) is 0.167. The lowest BCUT2D eigenvalue weighted by Gasteiger charge is -2.32. The largest absolute Gasteiger partial charge is 0.508 e. The number of aliphatic hydroxyl groups is 1. The third-order valence-electron chi connectivity index (χ3n) is 4.22. The molecule has 0 saturated carbocycles. The molecule has 2 N–H and O–H groups in total. The molecule has 3 heterocycles. The summed E-state index contributed by atoms with van der Waals surface area (Å²) in [6.07, 6.45) is -4.22. The van der Waals surface area contributed by atoms with Gasteiger partial charge < -0.3 is 10.2 Å². The topological polar surface area (TPSA) is 81.8 Å². The number of benzene rings is 1. The van der Waals surface area contributed by atoms with Gasteiger partial charge in [-0.2, -0.15) is 23.3 Å². The number of hydrogen-bond donors (Lipinski definition) is 2. The molecule has 0 amide bonds. The van der Waals surface area contributed by atoms with E-state index in [2.05, 4.69) is 15.1 Å². The molecule has 1 aromatic carbocycles. The number of aromatic nitrogens is 2. The van der Waals surface area contributed by atoms with Crippen molar-refractivity contribution in [2.75, 3.05) is 5.01 Å². The first-order chi connectivity index (χ1) is 13.3. The minimum atomic E-state index is -4.98. The molecule has 28 heavy (non-hydrogen) atoms. The lowest BCUT2D eigenvalue weighted by molar-refractivity contribution is -0.254. The third-order valence-corrected chi connectivity index (χ3v) is 5.04. The zero-order valence-corrected chi connectivity index (χ0v) is 14.9. The molecule has 4 rings (SSSR count). The van der Waals surface area contributed by atoms with Crippen LogP contribution in [0.15, 0.2) is 59.1 Å². The number of halogens is 3. The molecular weight excluding hydrogens is 393 g/mol. The Kier molecular flexibility index (Phi) is 4.31. The Hall–Kier alpha value is -2.98. The van der Waals surface area contributed by atoms with E-state index in [-0.39, 0.29) is 22.2 Å². The number of hydrazone groups is 1. The highest BCUT2D eigenvalue weighted by Crippen LogP contribution is 2.45. The predicted molar refractivity (Wildman–Crippen MR) is 98.1 cm³/mol. The summed E-state index contributed by atoms with van der Waals surface area (Å²) in [6.45, 7) is 0. The van der Waals surface area contributed by atoms with Gasteiger partial charge in [-0.05, 0) is 24.3 Å². The van der Waals surface area contributed by atoms with Crippen LogP contribution in [0.4, 0.5) is 18.3 Å². The first kappa shape index (κ1) is 18.4. The lowest BCUT2D eigenvalue weighted by atomic mass is 10.0. The average molecular weight is 406 g/mol. The van der Waals surface area contributed by atoms with Crippen LogP contribution in [0.2, 0.25) is 0 Å². The third kappa shape index (κ3) is 3.10. The van der Waals surface area contributed by atoms with Gasteiger partial charge in [0.15, 0.2) is 0 Å². The summed E-state index contributed by atoms with van der Waals surface area (Å²) >= 11 is 0.919. The summed E-state index contributed by atoms with van der Waals surface area (Å²) in [5, 5.41) is 26.0. The molecule has 1 aliphatic rings. The van der Waals surface area contributed by atoms with Gasteiger partial charge in [0.25, 0.3) is 5.72 Å². The molecule has 144 valence electrons. The van der Waals surface area contributed by atoms with Gasteiger partial charge in [0, 0.05) is 17.1 Å². The average Bonchev–Trinajstić information content (AvgIpc) is 3.27. The van der Waals surface area contributed by atoms with Crippen molar-refractivity contribution in [3.63, 3.8) is 0 Å². The van der Waals surface area contributed by atoms with Gasteiger partial charge in [0.2, 0.25) is 5.13 Å². The number of phenols is 1. The Bertz CT molecular complexity index is 1040. The Labute approximate surface area is 161 Å². The summed E-state index contributed by atoms with van der Waals surface area (Å²) in [6, 6.07) is 10.8. The summed E-state index contributed by atoms with van der Waals surface area (Å²) in [7, 11) is 0. The minimum absolute atomic E-state index is 0.00897. The van der Waals surface area contributed by atoms with Crippen LogP contribution in [0.25, 0.3) is 11.4 Å². The number of nitrogens with zero attached hydrogens (tertiary/aromatic N) is 4. The number of aromatic hydroxyl groups is 1. The maximum Gasteiger partial charge on any atom is 0.438 e. The van der Waals surface area contributed by atoms with Gasteiger partial charge in [-0.3, -0.25) is 4.98 Å². The van der Waals surface area contributed by atoms with Gasteiger partial charge in [0.1, 0.15) is 11.4 Å². The number of thiazole rings is 1. The Morgan fingerprint density at radius 3 is 2.61 bits per heavy atom. The maximum absolute atomic E-state index is 13.7. The van der Waals surface area contributed by atoms with Gasteiger partial charge >= 0.3 is 6.18 Å². The highest BCUT2D eigenvalue weighted by atomic mass is 32.1. The van der Waals surface area contributed by atoms with Crippen molar-refractivity contribution in [1.82, 2.24) is 9.97 Å². The summed E-state index contributed by atoms with van der Waals surface area (Å²) < 4.78 is 41.2. The first-order valence-corrected chi connectivity index (χ1v) is 8.99. The number of anilines is 1. The quantitative estimate of drug-likeness (QED) is 0.692. The number of hydrogen-bond acceptors (Lipinski definition) is 7. The second-order valence-electron chi connectivity index (χ2n) is 6.13. The summed E-state index contributed by atoms with van der Waals surface area (Å²) in [4.78, 5) is 8.31. The van der Waals surface area contributed by atoms with E-state index in [0.717, 1.165) is 11.3 Å². The Morgan fingerprint density at radius 2 is 1.93 bits per heavy atom. The zero-order valence-electron chi connectivity index (χ0n) is 14.1. The number of alkyl halides is 3. The van der Waals surface area contributed by atoms with Gasteiger partial charge in [-0.1, -0.05) is 18.2 Å². The lowest BCUT2D eigenvalue weighted by Crippen LogP contribution is -2.55. The zero-order chi connectivity index (χ0) is 19.9. The van der Waals surface area contributed by atoms with Crippen LogP contribution in [0.3, 0.4) is 0 Å². The van der Waals surface area contributed by atoms with Gasteiger partial charge in [-0.25, -0.2) is 4.98 Å². The number of pyridine rings is 1. The first-order valence-electron chi connectivity index (χ1n) is 8.11. The van der Waals surface area contributed by atoms with Crippen LogP contribution in [0, 0.1) is 0 Å². The normalized spacial score (nSPS) is 19.7. The van der Waals surface area contributed by atoms with E-state index in [0.29, 0.717) is 16.4 Å².